The third-order valence-electron chi connectivity index (χ3n) is 4.65. The highest BCUT2D eigenvalue weighted by molar-refractivity contribution is 7.09. The lowest BCUT2D eigenvalue weighted by Gasteiger charge is -2.24. The Morgan fingerprint density at radius 3 is 2.85 bits per heavy atom. The largest absolute Gasteiger partial charge is 0.492 e. The molecule has 1 aliphatic rings. The molecule has 1 saturated heterocycles. The molecule has 4 nitrogen and oxygen atoms in total. The Morgan fingerprint density at radius 2 is 2.08 bits per heavy atom. The second kappa shape index (κ2) is 9.69. The van der Waals surface area contributed by atoms with Crippen LogP contribution in [0.3, 0.4) is 0 Å². The molecule has 0 saturated carbocycles. The second-order valence-electron chi connectivity index (χ2n) is 6.45. The third-order valence-corrected chi connectivity index (χ3v) is 5.58. The van der Waals surface area contributed by atoms with Crippen molar-refractivity contribution < 1.29 is 13.9 Å². The Bertz CT molecular complexity index is 676. The van der Waals surface area contributed by atoms with Crippen LogP contribution < -0.4 is 10.1 Å². The number of likely N-dealkylation sites (tertiary alicyclic amines) is 1. The Kier molecular flexibility index (Phi) is 7.03. The Morgan fingerprint density at radius 1 is 1.23 bits per heavy atom. The summed E-state index contributed by atoms with van der Waals surface area (Å²) in [6, 6.07) is 10.6. The molecule has 0 bridgehead atoms. The number of thiophene rings is 1. The minimum atomic E-state index is -0.259. The molecule has 1 fully saturated rings. The van der Waals surface area contributed by atoms with E-state index in [9.17, 15) is 9.18 Å². The Hall–Kier alpha value is -1.92. The van der Waals surface area contributed by atoms with Gasteiger partial charge in [-0.1, -0.05) is 6.07 Å². The Balaban J connectivity index is 1.31. The van der Waals surface area contributed by atoms with Gasteiger partial charge in [0, 0.05) is 30.4 Å². The molecule has 26 heavy (non-hydrogen) atoms. The van der Waals surface area contributed by atoms with E-state index in [1.807, 2.05) is 0 Å². The van der Waals surface area contributed by atoms with E-state index in [0.29, 0.717) is 24.8 Å². The van der Waals surface area contributed by atoms with Crippen molar-refractivity contribution in [1.82, 2.24) is 10.2 Å². The molecule has 3 rings (SSSR count). The number of rotatable bonds is 10. The number of carbonyl (C=O) groups is 1. The maximum Gasteiger partial charge on any atom is 0.222 e. The predicted octanol–water partition coefficient (Wildman–Crippen LogP) is 3.48. The fraction of sp³-hybridized carbons (Fsp3) is 0.450. The van der Waals surface area contributed by atoms with Crippen LogP contribution in [0.15, 0.2) is 41.8 Å². The molecule has 140 valence electrons. The molecule has 1 aliphatic heterocycles. The zero-order valence-electron chi connectivity index (χ0n) is 14.8. The minimum Gasteiger partial charge on any atom is -0.492 e. The average molecular weight is 376 g/mol. The molecule has 1 unspecified atom stereocenters. The number of nitrogens with one attached hydrogen (secondary N) is 1. The summed E-state index contributed by atoms with van der Waals surface area (Å²) < 4.78 is 18.4. The first-order valence-electron chi connectivity index (χ1n) is 9.13. The van der Waals surface area contributed by atoms with E-state index in [1.54, 1.807) is 23.5 Å². The minimum absolute atomic E-state index is 0.259. The van der Waals surface area contributed by atoms with Crippen LogP contribution in [0.4, 0.5) is 4.39 Å². The van der Waals surface area contributed by atoms with Gasteiger partial charge in [0.25, 0.3) is 0 Å². The van der Waals surface area contributed by atoms with Crippen LogP contribution in [-0.2, 0) is 11.2 Å². The number of hydrogen-bond acceptors (Lipinski definition) is 4. The Labute approximate surface area is 158 Å². The highest BCUT2D eigenvalue weighted by Gasteiger charge is 2.29. The highest BCUT2D eigenvalue weighted by atomic mass is 32.1. The number of hydrogen-bond donors (Lipinski definition) is 1. The lowest BCUT2D eigenvalue weighted by Crippen LogP contribution is -2.37. The van der Waals surface area contributed by atoms with Crippen molar-refractivity contribution in [3.05, 3.63) is 52.5 Å². The summed E-state index contributed by atoms with van der Waals surface area (Å²) in [5.41, 5.74) is 0. The predicted molar refractivity (Wildman–Crippen MR) is 102 cm³/mol. The molecule has 1 amide bonds. The molecule has 1 aromatic heterocycles. The standard InChI is InChI=1S/C20H25FN2O2S/c21-16-3-6-18(7-4-16)25-14-12-22-11-9-17-5-8-20(24)23(17)13-10-19-2-1-15-26-19/h1-4,6-7,15,17,22H,5,8-14H2. The van der Waals surface area contributed by atoms with Gasteiger partial charge in [-0.05, 0) is 61.5 Å². The van der Waals surface area contributed by atoms with E-state index in [0.717, 1.165) is 38.9 Å². The zero-order chi connectivity index (χ0) is 18.2. The lowest BCUT2D eigenvalue weighted by atomic mass is 10.1. The van der Waals surface area contributed by atoms with Crippen LogP contribution in [0.2, 0.25) is 0 Å². The number of amides is 1. The number of halogens is 1. The van der Waals surface area contributed by atoms with Gasteiger partial charge in [0.1, 0.15) is 18.2 Å². The molecular formula is C20H25FN2O2S. The molecule has 0 radical (unpaired) electrons. The van der Waals surface area contributed by atoms with Gasteiger partial charge in [0.2, 0.25) is 5.91 Å². The molecule has 1 N–H and O–H groups in total. The monoisotopic (exact) mass is 376 g/mol. The summed E-state index contributed by atoms with van der Waals surface area (Å²) >= 11 is 1.75. The van der Waals surface area contributed by atoms with Gasteiger partial charge in [0.05, 0.1) is 0 Å². The molecular weight excluding hydrogens is 351 g/mol. The smallest absolute Gasteiger partial charge is 0.222 e. The number of benzene rings is 1. The zero-order valence-corrected chi connectivity index (χ0v) is 15.6. The van der Waals surface area contributed by atoms with E-state index in [4.69, 9.17) is 4.74 Å². The highest BCUT2D eigenvalue weighted by Crippen LogP contribution is 2.22. The maximum atomic E-state index is 12.8. The second-order valence-corrected chi connectivity index (χ2v) is 7.48. The molecule has 6 heteroatoms. The molecule has 0 spiro atoms. The molecule has 2 aromatic rings. The first-order valence-corrected chi connectivity index (χ1v) is 10.0. The molecule has 1 aromatic carbocycles. The van der Waals surface area contributed by atoms with Gasteiger partial charge in [-0.3, -0.25) is 4.79 Å². The third kappa shape index (κ3) is 5.54. The van der Waals surface area contributed by atoms with Gasteiger partial charge in [0.15, 0.2) is 0 Å². The van der Waals surface area contributed by atoms with Gasteiger partial charge in [-0.15, -0.1) is 11.3 Å². The molecule has 2 heterocycles. The average Bonchev–Trinajstić information content (AvgIpc) is 3.28. The van der Waals surface area contributed by atoms with Crippen molar-refractivity contribution in [3.63, 3.8) is 0 Å². The number of carbonyl (C=O) groups excluding carboxylic acids is 1. The molecule has 1 atom stereocenters. The first-order chi connectivity index (χ1) is 12.7. The topological polar surface area (TPSA) is 41.6 Å². The summed E-state index contributed by atoms with van der Waals surface area (Å²) in [7, 11) is 0. The summed E-state index contributed by atoms with van der Waals surface area (Å²) in [4.78, 5) is 15.5. The van der Waals surface area contributed by atoms with E-state index >= 15 is 0 Å². The fourth-order valence-corrected chi connectivity index (χ4v) is 3.95. The van der Waals surface area contributed by atoms with E-state index in [-0.39, 0.29) is 11.7 Å². The van der Waals surface area contributed by atoms with Crippen molar-refractivity contribution in [2.24, 2.45) is 0 Å². The van der Waals surface area contributed by atoms with Crippen molar-refractivity contribution in [2.45, 2.75) is 31.7 Å². The summed E-state index contributed by atoms with van der Waals surface area (Å²) in [6.07, 6.45) is 3.53. The van der Waals surface area contributed by atoms with Crippen LogP contribution in [0.1, 0.15) is 24.1 Å². The number of ether oxygens (including phenoxy) is 1. The van der Waals surface area contributed by atoms with Crippen molar-refractivity contribution in [3.8, 4) is 5.75 Å². The molecule has 0 aliphatic carbocycles. The summed E-state index contributed by atoms with van der Waals surface area (Å²) in [5, 5.41) is 5.44. The van der Waals surface area contributed by atoms with Gasteiger partial charge in [-0.2, -0.15) is 0 Å². The van der Waals surface area contributed by atoms with Crippen molar-refractivity contribution in [1.29, 1.82) is 0 Å². The summed E-state index contributed by atoms with van der Waals surface area (Å²) in [6.45, 7) is 2.95. The quantitative estimate of drug-likeness (QED) is 0.646. The van der Waals surface area contributed by atoms with Crippen molar-refractivity contribution in [2.75, 3.05) is 26.2 Å². The van der Waals surface area contributed by atoms with Gasteiger partial charge < -0.3 is 15.0 Å². The fourth-order valence-electron chi connectivity index (χ4n) is 3.25. The van der Waals surface area contributed by atoms with Crippen LogP contribution in [0, 0.1) is 5.82 Å². The lowest BCUT2D eigenvalue weighted by molar-refractivity contribution is -0.128. The van der Waals surface area contributed by atoms with Gasteiger partial charge >= 0.3 is 0 Å². The van der Waals surface area contributed by atoms with Crippen LogP contribution in [0.5, 0.6) is 5.75 Å². The maximum absolute atomic E-state index is 12.8. The summed E-state index contributed by atoms with van der Waals surface area (Å²) in [5.74, 6) is 0.700. The van der Waals surface area contributed by atoms with Crippen molar-refractivity contribution >= 4 is 17.2 Å². The van der Waals surface area contributed by atoms with E-state index in [1.165, 1.54) is 17.0 Å². The SMILES string of the molecule is O=C1CCC(CCNCCOc2ccc(F)cc2)N1CCc1cccs1. The van der Waals surface area contributed by atoms with Crippen LogP contribution in [0.25, 0.3) is 0 Å². The first kappa shape index (κ1) is 18.9. The van der Waals surface area contributed by atoms with E-state index in [2.05, 4.69) is 27.7 Å². The van der Waals surface area contributed by atoms with Gasteiger partial charge in [-0.25, -0.2) is 4.39 Å². The van der Waals surface area contributed by atoms with E-state index < -0.39 is 0 Å². The number of nitrogens with zero attached hydrogens (tertiary/aromatic N) is 1. The van der Waals surface area contributed by atoms with Crippen LogP contribution >= 0.6 is 11.3 Å². The van der Waals surface area contributed by atoms with Crippen LogP contribution in [-0.4, -0.2) is 43.1 Å². The normalized spacial score (nSPS) is 17.0.